The van der Waals surface area contributed by atoms with Gasteiger partial charge in [0.15, 0.2) is 11.5 Å². The molecule has 0 bridgehead atoms. The topological polar surface area (TPSA) is 35.5 Å². The van der Waals surface area contributed by atoms with Gasteiger partial charge in [0.2, 0.25) is 0 Å². The highest BCUT2D eigenvalue weighted by Gasteiger charge is 2.17. The molecule has 2 aromatic carbocycles. The highest BCUT2D eigenvalue weighted by Crippen LogP contribution is 2.37. The molecule has 0 spiro atoms. The second-order valence-corrected chi connectivity index (χ2v) is 6.30. The molecule has 0 aliphatic rings. The Morgan fingerprint density at radius 3 is 1.41 bits per heavy atom. The number of halogens is 6. The molecule has 0 heterocycles. The Morgan fingerprint density at radius 1 is 0.682 bits per heavy atom. The summed E-state index contributed by atoms with van der Waals surface area (Å²) in [6, 6.07) is 5.42. The number of benzene rings is 2. The normalized spacial score (nSPS) is 10.5. The van der Waals surface area contributed by atoms with E-state index in [9.17, 15) is 4.79 Å². The second-order valence-electron chi connectivity index (χ2n) is 3.85. The summed E-state index contributed by atoms with van der Waals surface area (Å²) in [6.07, 6.45) is -1.11. The first-order chi connectivity index (χ1) is 10.3. The van der Waals surface area contributed by atoms with Gasteiger partial charge in [0.25, 0.3) is 0 Å². The lowest BCUT2D eigenvalue weighted by molar-refractivity contribution is 0.152. The van der Waals surface area contributed by atoms with Crippen molar-refractivity contribution in [3.63, 3.8) is 0 Å². The molecule has 0 fully saturated rings. The summed E-state index contributed by atoms with van der Waals surface area (Å²) in [4.78, 5) is 11.8. The minimum atomic E-state index is -1.11. The first-order valence-electron chi connectivity index (χ1n) is 5.46. The minimum absolute atomic E-state index is 0.0123. The highest BCUT2D eigenvalue weighted by atomic mass is 35.5. The third-order valence-corrected chi connectivity index (χ3v) is 4.31. The predicted molar refractivity (Wildman–Crippen MR) is 89.6 cm³/mol. The lowest BCUT2D eigenvalue weighted by Crippen LogP contribution is -2.14. The van der Waals surface area contributed by atoms with Gasteiger partial charge in [-0.3, -0.25) is 0 Å². The van der Waals surface area contributed by atoms with Crippen LogP contribution < -0.4 is 9.47 Å². The van der Waals surface area contributed by atoms with Crippen LogP contribution in [0.25, 0.3) is 0 Å². The molecule has 0 aliphatic carbocycles. The third-order valence-electron chi connectivity index (χ3n) is 2.31. The second kappa shape index (κ2) is 7.35. The molecule has 22 heavy (non-hydrogen) atoms. The standard InChI is InChI=1S/C13H4Cl6O3/c14-5-1-7(16)11(18)9(3-5)21-13(20)22-10-4-6(15)2-8(17)12(10)19/h1-4H. The highest BCUT2D eigenvalue weighted by molar-refractivity contribution is 6.45. The minimum Gasteiger partial charge on any atom is -0.393 e. The maximum absolute atomic E-state index is 11.8. The van der Waals surface area contributed by atoms with Crippen LogP contribution in [0.3, 0.4) is 0 Å². The van der Waals surface area contributed by atoms with Crippen LogP contribution in [0.4, 0.5) is 4.79 Å². The molecule has 0 atom stereocenters. The summed E-state index contributed by atoms with van der Waals surface area (Å²) in [6.45, 7) is 0. The van der Waals surface area contributed by atoms with Crippen molar-refractivity contribution in [2.45, 2.75) is 0 Å². The quantitative estimate of drug-likeness (QED) is 0.293. The average molecular weight is 421 g/mol. The number of carbonyl (C=O) groups is 1. The fourth-order valence-electron chi connectivity index (χ4n) is 1.41. The van der Waals surface area contributed by atoms with Crippen molar-refractivity contribution in [2.24, 2.45) is 0 Å². The van der Waals surface area contributed by atoms with Crippen LogP contribution in [0.5, 0.6) is 11.5 Å². The summed E-state index contributed by atoms with van der Waals surface area (Å²) in [5, 5.41) is 0.750. The van der Waals surface area contributed by atoms with Gasteiger partial charge < -0.3 is 9.47 Å². The Kier molecular flexibility index (Phi) is 5.94. The molecule has 0 saturated carbocycles. The Bertz CT molecular complexity index is 686. The summed E-state index contributed by atoms with van der Waals surface area (Å²) in [5.41, 5.74) is 0. The molecule has 0 N–H and O–H groups in total. The van der Waals surface area contributed by atoms with Gasteiger partial charge in [-0.05, 0) is 12.1 Å². The Hall–Kier alpha value is -0.550. The number of hydrogen-bond donors (Lipinski definition) is 0. The zero-order valence-electron chi connectivity index (χ0n) is 10.3. The maximum atomic E-state index is 11.8. The van der Waals surface area contributed by atoms with Crippen molar-refractivity contribution in [1.29, 1.82) is 0 Å². The van der Waals surface area contributed by atoms with Crippen LogP contribution in [0.15, 0.2) is 24.3 Å². The molecule has 3 nitrogen and oxygen atoms in total. The largest absolute Gasteiger partial charge is 0.519 e. The van der Waals surface area contributed by atoms with Crippen LogP contribution >= 0.6 is 69.6 Å². The van der Waals surface area contributed by atoms with Crippen LogP contribution in [0.1, 0.15) is 0 Å². The van der Waals surface area contributed by atoms with Gasteiger partial charge in [0, 0.05) is 22.2 Å². The van der Waals surface area contributed by atoms with Crippen LogP contribution in [-0.4, -0.2) is 6.16 Å². The Balaban J connectivity index is 2.21. The van der Waals surface area contributed by atoms with Crippen LogP contribution in [0.2, 0.25) is 30.1 Å². The molecular formula is C13H4Cl6O3. The predicted octanol–water partition coefficient (Wildman–Crippen LogP) is 7.18. The first kappa shape index (κ1) is 17.8. The van der Waals surface area contributed by atoms with E-state index in [-0.39, 0.29) is 41.6 Å². The van der Waals surface area contributed by atoms with Crippen molar-refractivity contribution in [1.82, 2.24) is 0 Å². The van der Waals surface area contributed by atoms with Crippen molar-refractivity contribution >= 4 is 75.8 Å². The monoisotopic (exact) mass is 418 g/mol. The van der Waals surface area contributed by atoms with E-state index in [0.717, 1.165) is 0 Å². The van der Waals surface area contributed by atoms with E-state index in [1.807, 2.05) is 0 Å². The van der Waals surface area contributed by atoms with Gasteiger partial charge in [0.05, 0.1) is 10.0 Å². The number of carbonyl (C=O) groups excluding carboxylic acids is 1. The lowest BCUT2D eigenvalue weighted by atomic mass is 10.3. The summed E-state index contributed by atoms with van der Waals surface area (Å²) in [5.74, 6) is -0.123. The van der Waals surface area contributed by atoms with E-state index >= 15 is 0 Å². The molecule has 0 aromatic heterocycles. The smallest absolute Gasteiger partial charge is 0.393 e. The number of hydrogen-bond acceptors (Lipinski definition) is 3. The molecular weight excluding hydrogens is 417 g/mol. The summed E-state index contributed by atoms with van der Waals surface area (Å²) >= 11 is 35.1. The van der Waals surface area contributed by atoms with E-state index in [0.29, 0.717) is 0 Å². The van der Waals surface area contributed by atoms with Gasteiger partial charge in [-0.1, -0.05) is 69.6 Å². The van der Waals surface area contributed by atoms with E-state index in [1.54, 1.807) is 0 Å². The SMILES string of the molecule is O=C(Oc1cc(Cl)cc(Cl)c1Cl)Oc1cc(Cl)cc(Cl)c1Cl. The zero-order valence-corrected chi connectivity index (χ0v) is 14.8. The van der Waals surface area contributed by atoms with Crippen molar-refractivity contribution in [3.05, 3.63) is 54.4 Å². The average Bonchev–Trinajstić information content (AvgIpc) is 2.41. The van der Waals surface area contributed by atoms with Gasteiger partial charge in [0.1, 0.15) is 10.0 Å². The van der Waals surface area contributed by atoms with Crippen molar-refractivity contribution in [3.8, 4) is 11.5 Å². The van der Waals surface area contributed by atoms with Crippen LogP contribution in [-0.2, 0) is 0 Å². The maximum Gasteiger partial charge on any atom is 0.519 e. The van der Waals surface area contributed by atoms with Crippen molar-refractivity contribution in [2.75, 3.05) is 0 Å². The van der Waals surface area contributed by atoms with Gasteiger partial charge in [-0.15, -0.1) is 0 Å². The zero-order chi connectivity index (χ0) is 16.4. The molecule has 2 aromatic rings. The summed E-state index contributed by atoms with van der Waals surface area (Å²) < 4.78 is 9.88. The van der Waals surface area contributed by atoms with E-state index in [4.69, 9.17) is 79.1 Å². The van der Waals surface area contributed by atoms with Gasteiger partial charge in [-0.2, -0.15) is 0 Å². The Labute approximate surface area is 155 Å². The van der Waals surface area contributed by atoms with Gasteiger partial charge >= 0.3 is 6.16 Å². The number of rotatable bonds is 2. The molecule has 0 amide bonds. The summed E-state index contributed by atoms with van der Waals surface area (Å²) in [7, 11) is 0. The lowest BCUT2D eigenvalue weighted by Gasteiger charge is -2.10. The van der Waals surface area contributed by atoms with Gasteiger partial charge in [-0.25, -0.2) is 4.79 Å². The van der Waals surface area contributed by atoms with E-state index in [2.05, 4.69) is 0 Å². The first-order valence-corrected chi connectivity index (χ1v) is 7.73. The third kappa shape index (κ3) is 4.25. The fourth-order valence-corrected chi connectivity index (χ4v) is 2.66. The van der Waals surface area contributed by atoms with Crippen molar-refractivity contribution < 1.29 is 14.3 Å². The number of ether oxygens (including phenoxy) is 2. The molecule has 0 aliphatic heterocycles. The molecule has 0 saturated heterocycles. The van der Waals surface area contributed by atoms with Crippen LogP contribution in [0, 0.1) is 0 Å². The fraction of sp³-hybridized carbons (Fsp3) is 0. The van der Waals surface area contributed by atoms with E-state index in [1.165, 1.54) is 24.3 Å². The molecule has 9 heteroatoms. The molecule has 116 valence electrons. The molecule has 0 radical (unpaired) electrons. The molecule has 2 rings (SSSR count). The molecule has 0 unspecified atom stereocenters. The van der Waals surface area contributed by atoms with E-state index < -0.39 is 6.16 Å². The Morgan fingerprint density at radius 2 is 1.05 bits per heavy atom.